The van der Waals surface area contributed by atoms with Gasteiger partial charge in [-0.25, -0.2) is 9.97 Å². The molecule has 0 radical (unpaired) electrons. The van der Waals surface area contributed by atoms with Gasteiger partial charge >= 0.3 is 0 Å². The van der Waals surface area contributed by atoms with E-state index in [0.29, 0.717) is 0 Å². The first kappa shape index (κ1) is 25.1. The number of hydrogen-bond acceptors (Lipinski definition) is 4. The van der Waals surface area contributed by atoms with Crippen LogP contribution in [0.2, 0.25) is 0 Å². The Morgan fingerprint density at radius 1 is 0.413 bits per heavy atom. The van der Waals surface area contributed by atoms with Gasteiger partial charge in [0.25, 0.3) is 0 Å². The van der Waals surface area contributed by atoms with Crippen LogP contribution in [0.3, 0.4) is 0 Å². The zero-order valence-corrected chi connectivity index (χ0v) is 24.6. The van der Waals surface area contributed by atoms with Gasteiger partial charge in [0.15, 0.2) is 0 Å². The van der Waals surface area contributed by atoms with E-state index in [9.17, 15) is 0 Å². The summed E-state index contributed by atoms with van der Waals surface area (Å²) in [5.41, 5.74) is 9.04. The highest BCUT2D eigenvalue weighted by Crippen LogP contribution is 2.42. The SMILES string of the molecule is c1cncc(-c2ccc3ccc4ccc(-c5ccc6ccc7c(-c8cnc9ccccc9c8)ccc8ccc5c6c87)nc4c3n2)c1. The Kier molecular flexibility index (Phi) is 5.25. The van der Waals surface area contributed by atoms with Crippen molar-refractivity contribution in [2.75, 3.05) is 0 Å². The van der Waals surface area contributed by atoms with Crippen LogP contribution in [0.4, 0.5) is 0 Å². The van der Waals surface area contributed by atoms with Gasteiger partial charge in [0.1, 0.15) is 0 Å². The molecule has 0 saturated heterocycles. The van der Waals surface area contributed by atoms with Crippen LogP contribution in [-0.2, 0) is 0 Å². The maximum absolute atomic E-state index is 5.30. The lowest BCUT2D eigenvalue weighted by Crippen LogP contribution is -1.93. The normalized spacial score (nSPS) is 11.9. The molecule has 0 spiro atoms. The lowest BCUT2D eigenvalue weighted by Gasteiger charge is -2.16. The molecule has 4 heteroatoms. The van der Waals surface area contributed by atoms with E-state index in [4.69, 9.17) is 15.0 Å². The average Bonchev–Trinajstić information content (AvgIpc) is 3.13. The Hall–Kier alpha value is -6.26. The number of para-hydroxylation sites is 1. The van der Waals surface area contributed by atoms with Crippen molar-refractivity contribution in [3.63, 3.8) is 0 Å². The maximum atomic E-state index is 5.30. The third-order valence-electron chi connectivity index (χ3n) is 9.32. The minimum atomic E-state index is 0.889. The smallest absolute Gasteiger partial charge is 0.0972 e. The molecular weight excluding hydrogens is 560 g/mol. The second-order valence-electron chi connectivity index (χ2n) is 11.9. The van der Waals surface area contributed by atoms with E-state index < -0.39 is 0 Å². The molecule has 4 nitrogen and oxygen atoms in total. The van der Waals surface area contributed by atoms with Gasteiger partial charge in [-0.3, -0.25) is 9.97 Å². The number of aromatic nitrogens is 4. The van der Waals surface area contributed by atoms with Gasteiger partial charge in [-0.05, 0) is 74.3 Å². The van der Waals surface area contributed by atoms with Crippen molar-refractivity contribution in [2.45, 2.75) is 0 Å². The van der Waals surface area contributed by atoms with E-state index in [0.717, 1.165) is 60.8 Å². The van der Waals surface area contributed by atoms with Gasteiger partial charge in [0.05, 0.1) is 27.9 Å². The first-order valence-corrected chi connectivity index (χ1v) is 15.5. The van der Waals surface area contributed by atoms with Crippen molar-refractivity contribution in [1.82, 2.24) is 19.9 Å². The predicted octanol–water partition coefficient (Wildman–Crippen LogP) is 10.6. The monoisotopic (exact) mass is 584 g/mol. The maximum Gasteiger partial charge on any atom is 0.0972 e. The number of rotatable bonds is 3. The van der Waals surface area contributed by atoms with Gasteiger partial charge in [-0.1, -0.05) is 91.0 Å². The lowest BCUT2D eigenvalue weighted by molar-refractivity contribution is 1.30. The summed E-state index contributed by atoms with van der Waals surface area (Å²) in [7, 11) is 0. The summed E-state index contributed by atoms with van der Waals surface area (Å²) in [4.78, 5) is 19.5. The summed E-state index contributed by atoms with van der Waals surface area (Å²) in [5, 5.41) is 10.7. The van der Waals surface area contributed by atoms with Crippen molar-refractivity contribution in [3.05, 3.63) is 146 Å². The van der Waals surface area contributed by atoms with Crippen LogP contribution in [0.1, 0.15) is 0 Å². The molecule has 0 unspecified atom stereocenters. The van der Waals surface area contributed by atoms with Crippen LogP contribution in [0.5, 0.6) is 0 Å². The first-order chi connectivity index (χ1) is 22.8. The molecule has 0 amide bonds. The van der Waals surface area contributed by atoms with Crippen LogP contribution in [0.25, 0.3) is 98.7 Å². The highest BCUT2D eigenvalue weighted by atomic mass is 14.8. The summed E-state index contributed by atoms with van der Waals surface area (Å²) in [5.74, 6) is 0. The molecule has 0 N–H and O–H groups in total. The Balaban J connectivity index is 1.19. The summed E-state index contributed by atoms with van der Waals surface area (Å²) in [6, 6.07) is 45.2. The quantitative estimate of drug-likeness (QED) is 0.194. The summed E-state index contributed by atoms with van der Waals surface area (Å²) in [6.45, 7) is 0. The van der Waals surface area contributed by atoms with E-state index in [2.05, 4.69) is 114 Å². The van der Waals surface area contributed by atoms with E-state index in [-0.39, 0.29) is 0 Å². The van der Waals surface area contributed by atoms with Crippen molar-refractivity contribution >= 4 is 65.0 Å². The van der Waals surface area contributed by atoms with E-state index in [1.165, 1.54) is 37.9 Å². The summed E-state index contributed by atoms with van der Waals surface area (Å²) in [6.07, 6.45) is 5.63. The standard InChI is InChI=1S/C42H24N4/c1-2-6-36-29(4-1)22-31(24-44-36)32-15-9-25-12-18-35-33(16-10-26-11-17-34(32)39(25)40(26)35)38-20-14-28-8-7-27-13-19-37(30-5-3-21-43-23-30)45-41(27)42(28)46-38/h1-24H. The number of fused-ring (bicyclic) bond motifs is 4. The molecule has 4 heterocycles. The van der Waals surface area contributed by atoms with Gasteiger partial charge in [0.2, 0.25) is 0 Å². The molecule has 0 aliphatic rings. The molecule has 212 valence electrons. The largest absolute Gasteiger partial charge is 0.264 e. The van der Waals surface area contributed by atoms with Crippen LogP contribution in [0.15, 0.2) is 146 Å². The highest BCUT2D eigenvalue weighted by molar-refractivity contribution is 6.27. The fourth-order valence-corrected chi connectivity index (χ4v) is 7.09. The second kappa shape index (κ2) is 9.62. The first-order valence-electron chi connectivity index (χ1n) is 15.5. The topological polar surface area (TPSA) is 51.6 Å². The van der Waals surface area contributed by atoms with Crippen LogP contribution in [-0.4, -0.2) is 19.9 Å². The molecule has 0 saturated carbocycles. The van der Waals surface area contributed by atoms with Crippen molar-refractivity contribution in [3.8, 4) is 33.6 Å². The van der Waals surface area contributed by atoms with E-state index in [1.807, 2.05) is 30.6 Å². The Morgan fingerprint density at radius 3 is 1.80 bits per heavy atom. The molecular formula is C42H24N4. The minimum Gasteiger partial charge on any atom is -0.264 e. The average molecular weight is 585 g/mol. The molecule has 46 heavy (non-hydrogen) atoms. The van der Waals surface area contributed by atoms with Crippen molar-refractivity contribution < 1.29 is 0 Å². The van der Waals surface area contributed by atoms with Crippen LogP contribution in [0, 0.1) is 0 Å². The van der Waals surface area contributed by atoms with Crippen molar-refractivity contribution in [2.24, 2.45) is 0 Å². The summed E-state index contributed by atoms with van der Waals surface area (Å²) < 4.78 is 0. The molecule has 0 bridgehead atoms. The number of pyridine rings is 4. The Labute approximate surface area is 264 Å². The van der Waals surface area contributed by atoms with Crippen LogP contribution >= 0.6 is 0 Å². The molecule has 10 aromatic rings. The zero-order chi connectivity index (χ0) is 30.2. The number of benzene rings is 6. The molecule has 0 aliphatic carbocycles. The number of nitrogens with zero attached hydrogens (tertiary/aromatic N) is 4. The fraction of sp³-hybridized carbons (Fsp3) is 0. The minimum absolute atomic E-state index is 0.889. The molecule has 0 fully saturated rings. The molecule has 4 aromatic heterocycles. The molecule has 10 rings (SSSR count). The molecule has 0 aliphatic heterocycles. The fourth-order valence-electron chi connectivity index (χ4n) is 7.09. The second-order valence-corrected chi connectivity index (χ2v) is 11.9. The van der Waals surface area contributed by atoms with Crippen molar-refractivity contribution in [1.29, 1.82) is 0 Å². The van der Waals surface area contributed by atoms with Gasteiger partial charge in [-0.2, -0.15) is 0 Å². The van der Waals surface area contributed by atoms with E-state index >= 15 is 0 Å². The molecule has 0 atom stereocenters. The molecule has 6 aromatic carbocycles. The van der Waals surface area contributed by atoms with Crippen LogP contribution < -0.4 is 0 Å². The summed E-state index contributed by atoms with van der Waals surface area (Å²) >= 11 is 0. The third kappa shape index (κ3) is 3.74. The zero-order valence-electron chi connectivity index (χ0n) is 24.6. The Morgan fingerprint density at radius 2 is 1.04 bits per heavy atom. The van der Waals surface area contributed by atoms with Gasteiger partial charge in [0, 0.05) is 51.4 Å². The van der Waals surface area contributed by atoms with Gasteiger partial charge in [-0.15, -0.1) is 0 Å². The third-order valence-corrected chi connectivity index (χ3v) is 9.32. The van der Waals surface area contributed by atoms with E-state index in [1.54, 1.807) is 6.20 Å². The highest BCUT2D eigenvalue weighted by Gasteiger charge is 2.16. The Bertz CT molecular complexity index is 2810. The number of hydrogen-bond donors (Lipinski definition) is 0. The van der Waals surface area contributed by atoms with Gasteiger partial charge < -0.3 is 0 Å². The lowest BCUT2D eigenvalue weighted by atomic mass is 9.88. The predicted molar refractivity (Wildman–Crippen MR) is 190 cm³/mol.